The highest BCUT2D eigenvalue weighted by Crippen LogP contribution is 2.05. The number of aryl methyl sites for hydroxylation is 1. The Morgan fingerprint density at radius 3 is 3.06 bits per heavy atom. The number of hydrogen-bond donors (Lipinski definition) is 2. The van der Waals surface area contributed by atoms with Gasteiger partial charge in [-0.3, -0.25) is 9.59 Å². The average molecular weight is 222 g/mol. The summed E-state index contributed by atoms with van der Waals surface area (Å²) in [6.07, 6.45) is 3.62. The van der Waals surface area contributed by atoms with Crippen LogP contribution in [0.4, 0.5) is 5.82 Å². The molecular weight excluding hydrogens is 208 g/mol. The fourth-order valence-electron chi connectivity index (χ4n) is 1.70. The van der Waals surface area contributed by atoms with E-state index >= 15 is 0 Å². The first-order valence-electron chi connectivity index (χ1n) is 5.29. The number of nitrogens with one attached hydrogen (secondary N) is 2. The second-order valence-corrected chi connectivity index (χ2v) is 3.72. The van der Waals surface area contributed by atoms with Crippen molar-refractivity contribution in [1.82, 2.24) is 14.9 Å². The standard InChI is InChI=1S/C10H14N4O2/c1-2-14-4-3-11-9(10(14)16)13-7-5-8(15)12-6-7/h3-4,7H,2,5-6H2,1H3,(H,11,13)(H,12,15). The van der Waals surface area contributed by atoms with E-state index < -0.39 is 0 Å². The highest BCUT2D eigenvalue weighted by Gasteiger charge is 2.22. The number of carbonyl (C=O) groups is 1. The second kappa shape index (κ2) is 4.34. The van der Waals surface area contributed by atoms with Crippen molar-refractivity contribution in [2.45, 2.75) is 25.9 Å². The lowest BCUT2D eigenvalue weighted by Gasteiger charge is -2.11. The summed E-state index contributed by atoms with van der Waals surface area (Å²) >= 11 is 0. The lowest BCUT2D eigenvalue weighted by molar-refractivity contribution is -0.119. The van der Waals surface area contributed by atoms with Gasteiger partial charge in [0.2, 0.25) is 5.91 Å². The smallest absolute Gasteiger partial charge is 0.293 e. The van der Waals surface area contributed by atoms with Crippen molar-refractivity contribution < 1.29 is 4.79 Å². The molecule has 1 aliphatic rings. The number of hydrogen-bond acceptors (Lipinski definition) is 4. The van der Waals surface area contributed by atoms with Crippen molar-refractivity contribution in [3.8, 4) is 0 Å². The number of aromatic nitrogens is 2. The molecule has 2 heterocycles. The fraction of sp³-hybridized carbons (Fsp3) is 0.500. The van der Waals surface area contributed by atoms with Gasteiger partial charge in [0.25, 0.3) is 5.56 Å². The minimum Gasteiger partial charge on any atom is -0.360 e. The Kier molecular flexibility index (Phi) is 2.89. The molecule has 0 bridgehead atoms. The van der Waals surface area contributed by atoms with Crippen LogP contribution < -0.4 is 16.2 Å². The molecular formula is C10H14N4O2. The SMILES string of the molecule is CCn1ccnc(NC2CNC(=O)C2)c1=O. The van der Waals surface area contributed by atoms with Crippen LogP contribution in [0.15, 0.2) is 17.2 Å². The predicted octanol–water partition coefficient (Wildman–Crippen LogP) is -0.436. The molecule has 0 aromatic carbocycles. The summed E-state index contributed by atoms with van der Waals surface area (Å²) in [7, 11) is 0. The van der Waals surface area contributed by atoms with Gasteiger partial charge in [0.1, 0.15) is 0 Å². The number of rotatable bonds is 3. The third kappa shape index (κ3) is 2.05. The summed E-state index contributed by atoms with van der Waals surface area (Å²) in [5.74, 6) is 0.315. The minimum absolute atomic E-state index is 0.00393. The topological polar surface area (TPSA) is 76.0 Å². The Hall–Kier alpha value is -1.85. The van der Waals surface area contributed by atoms with Gasteiger partial charge in [0.05, 0.1) is 6.04 Å². The van der Waals surface area contributed by atoms with E-state index in [1.54, 1.807) is 17.0 Å². The number of nitrogens with zero attached hydrogens (tertiary/aromatic N) is 2. The van der Waals surface area contributed by atoms with Crippen LogP contribution in [-0.4, -0.2) is 28.0 Å². The van der Waals surface area contributed by atoms with Crippen molar-refractivity contribution in [3.63, 3.8) is 0 Å². The molecule has 16 heavy (non-hydrogen) atoms. The van der Waals surface area contributed by atoms with Crippen LogP contribution in [0.3, 0.4) is 0 Å². The molecule has 1 aromatic rings. The third-order valence-corrected chi connectivity index (χ3v) is 2.57. The van der Waals surface area contributed by atoms with Gasteiger partial charge in [-0.15, -0.1) is 0 Å². The van der Waals surface area contributed by atoms with Crippen LogP contribution in [0, 0.1) is 0 Å². The first-order valence-corrected chi connectivity index (χ1v) is 5.29. The Balaban J connectivity index is 2.15. The number of carbonyl (C=O) groups excluding carboxylic acids is 1. The Morgan fingerprint density at radius 1 is 1.62 bits per heavy atom. The maximum Gasteiger partial charge on any atom is 0.293 e. The van der Waals surface area contributed by atoms with Crippen molar-refractivity contribution in [2.75, 3.05) is 11.9 Å². The largest absolute Gasteiger partial charge is 0.360 e. The van der Waals surface area contributed by atoms with Gasteiger partial charge in [0.15, 0.2) is 5.82 Å². The van der Waals surface area contributed by atoms with Gasteiger partial charge in [0, 0.05) is 31.9 Å². The van der Waals surface area contributed by atoms with E-state index in [2.05, 4.69) is 15.6 Å². The molecule has 86 valence electrons. The van der Waals surface area contributed by atoms with E-state index in [-0.39, 0.29) is 17.5 Å². The molecule has 0 radical (unpaired) electrons. The quantitative estimate of drug-likeness (QED) is 0.727. The van der Waals surface area contributed by atoms with Crippen molar-refractivity contribution >= 4 is 11.7 Å². The summed E-state index contributed by atoms with van der Waals surface area (Å²) in [5.41, 5.74) is -0.149. The highest BCUT2D eigenvalue weighted by atomic mass is 16.2. The Labute approximate surface area is 92.7 Å². The van der Waals surface area contributed by atoms with E-state index in [1.165, 1.54) is 0 Å². The van der Waals surface area contributed by atoms with Gasteiger partial charge < -0.3 is 15.2 Å². The maximum atomic E-state index is 11.8. The van der Waals surface area contributed by atoms with Crippen LogP contribution in [0.2, 0.25) is 0 Å². The van der Waals surface area contributed by atoms with E-state index in [0.717, 1.165) is 0 Å². The normalized spacial score (nSPS) is 19.6. The molecule has 0 spiro atoms. The molecule has 2 N–H and O–H groups in total. The number of amides is 1. The molecule has 1 aliphatic heterocycles. The van der Waals surface area contributed by atoms with Crippen LogP contribution in [0.25, 0.3) is 0 Å². The van der Waals surface area contributed by atoms with E-state index in [4.69, 9.17) is 0 Å². The summed E-state index contributed by atoms with van der Waals surface area (Å²) in [5, 5.41) is 5.69. The summed E-state index contributed by atoms with van der Waals surface area (Å²) in [6, 6.07) is -0.0413. The Morgan fingerprint density at radius 2 is 2.44 bits per heavy atom. The molecule has 1 aromatic heterocycles. The molecule has 1 unspecified atom stereocenters. The molecule has 6 nitrogen and oxygen atoms in total. The van der Waals surface area contributed by atoms with Crippen LogP contribution in [-0.2, 0) is 11.3 Å². The first kappa shape index (κ1) is 10.7. The lowest BCUT2D eigenvalue weighted by Crippen LogP contribution is -2.30. The molecule has 1 fully saturated rings. The average Bonchev–Trinajstić information content (AvgIpc) is 2.67. The van der Waals surface area contributed by atoms with E-state index in [9.17, 15) is 9.59 Å². The molecule has 0 aliphatic carbocycles. The van der Waals surface area contributed by atoms with Crippen LogP contribution in [0.5, 0.6) is 0 Å². The maximum absolute atomic E-state index is 11.8. The molecule has 0 saturated carbocycles. The number of anilines is 1. The monoisotopic (exact) mass is 222 g/mol. The molecule has 6 heteroatoms. The molecule has 1 saturated heterocycles. The summed E-state index contributed by atoms with van der Waals surface area (Å²) in [6.45, 7) is 3.05. The predicted molar refractivity (Wildman–Crippen MR) is 59.2 cm³/mol. The highest BCUT2D eigenvalue weighted by molar-refractivity contribution is 5.79. The zero-order valence-corrected chi connectivity index (χ0v) is 9.06. The molecule has 2 rings (SSSR count). The van der Waals surface area contributed by atoms with Gasteiger partial charge >= 0.3 is 0 Å². The zero-order valence-electron chi connectivity index (χ0n) is 9.06. The van der Waals surface area contributed by atoms with E-state index in [1.807, 2.05) is 6.92 Å². The summed E-state index contributed by atoms with van der Waals surface area (Å²) in [4.78, 5) is 26.8. The van der Waals surface area contributed by atoms with Crippen LogP contribution in [0.1, 0.15) is 13.3 Å². The molecule has 1 amide bonds. The van der Waals surface area contributed by atoms with Gasteiger partial charge in [-0.1, -0.05) is 0 Å². The second-order valence-electron chi connectivity index (χ2n) is 3.72. The van der Waals surface area contributed by atoms with Gasteiger partial charge in [-0.05, 0) is 6.92 Å². The Bertz CT molecular complexity index is 454. The first-order chi connectivity index (χ1) is 7.70. The lowest BCUT2D eigenvalue weighted by atomic mass is 10.2. The third-order valence-electron chi connectivity index (χ3n) is 2.57. The fourth-order valence-corrected chi connectivity index (χ4v) is 1.70. The van der Waals surface area contributed by atoms with Crippen molar-refractivity contribution in [3.05, 3.63) is 22.7 Å². The van der Waals surface area contributed by atoms with E-state index in [0.29, 0.717) is 25.3 Å². The van der Waals surface area contributed by atoms with Gasteiger partial charge in [-0.2, -0.15) is 0 Å². The summed E-state index contributed by atoms with van der Waals surface area (Å²) < 4.78 is 1.57. The van der Waals surface area contributed by atoms with Gasteiger partial charge in [-0.25, -0.2) is 4.98 Å². The van der Waals surface area contributed by atoms with Crippen molar-refractivity contribution in [2.24, 2.45) is 0 Å². The molecule has 1 atom stereocenters. The zero-order chi connectivity index (χ0) is 11.5. The van der Waals surface area contributed by atoms with Crippen LogP contribution >= 0.6 is 0 Å². The minimum atomic E-state index is -0.149. The van der Waals surface area contributed by atoms with Crippen molar-refractivity contribution in [1.29, 1.82) is 0 Å².